The summed E-state index contributed by atoms with van der Waals surface area (Å²) in [5, 5.41) is 0. The van der Waals surface area contributed by atoms with E-state index >= 15 is 0 Å². The van der Waals surface area contributed by atoms with Gasteiger partial charge in [0, 0.05) is 0 Å². The van der Waals surface area contributed by atoms with Gasteiger partial charge in [-0.2, -0.15) is 8.78 Å². The summed E-state index contributed by atoms with van der Waals surface area (Å²) in [5.74, 6) is 0.784. The third kappa shape index (κ3) is 2.65. The normalized spacial score (nSPS) is 19.8. The molecule has 0 saturated carbocycles. The molecule has 1 aromatic carbocycles. The van der Waals surface area contributed by atoms with Gasteiger partial charge in [0.05, 0.1) is 6.61 Å². The molecule has 1 unspecified atom stereocenters. The molecule has 0 aromatic heterocycles. The van der Waals surface area contributed by atoms with Crippen LogP contribution in [0, 0.1) is 0 Å². The maximum absolute atomic E-state index is 11.8. The van der Waals surface area contributed by atoms with Crippen molar-refractivity contribution in [3.05, 3.63) is 29.8 Å². The zero-order valence-corrected chi connectivity index (χ0v) is 8.16. The summed E-state index contributed by atoms with van der Waals surface area (Å²) in [7, 11) is 0. The molecule has 0 amide bonds. The van der Waals surface area contributed by atoms with E-state index in [1.54, 1.807) is 0 Å². The number of fused-ring (bicyclic) bond motifs is 1. The lowest BCUT2D eigenvalue weighted by molar-refractivity contribution is -0.145. The Bertz CT molecular complexity index is 328. The van der Waals surface area contributed by atoms with Crippen LogP contribution in [0.25, 0.3) is 0 Å². The highest BCUT2D eigenvalue weighted by molar-refractivity contribution is 5.35. The minimum Gasteiger partial charge on any atom is -0.488 e. The maximum atomic E-state index is 11.8. The maximum Gasteiger partial charge on any atom is 0.345 e. The third-order valence-electron chi connectivity index (χ3n) is 2.41. The number of halogens is 2. The monoisotopic (exact) mass is 214 g/mol. The van der Waals surface area contributed by atoms with E-state index in [9.17, 15) is 8.78 Å². The van der Waals surface area contributed by atoms with Crippen molar-refractivity contribution in [1.29, 1.82) is 0 Å². The van der Waals surface area contributed by atoms with Crippen molar-refractivity contribution in [1.82, 2.24) is 0 Å². The Morgan fingerprint density at radius 2 is 2.20 bits per heavy atom. The highest BCUT2D eigenvalue weighted by Crippen LogP contribution is 2.27. The number of ether oxygens (including phenoxy) is 2. The number of para-hydroxylation sites is 1. The van der Waals surface area contributed by atoms with E-state index in [0.29, 0.717) is 0 Å². The van der Waals surface area contributed by atoms with Crippen LogP contribution >= 0.6 is 0 Å². The number of alkyl halides is 2. The van der Waals surface area contributed by atoms with Crippen molar-refractivity contribution >= 4 is 0 Å². The first-order chi connectivity index (χ1) is 7.25. The van der Waals surface area contributed by atoms with Crippen molar-refractivity contribution in [3.63, 3.8) is 0 Å². The summed E-state index contributed by atoms with van der Waals surface area (Å²) in [6.45, 7) is -2.77. The van der Waals surface area contributed by atoms with Crippen LogP contribution in [0.2, 0.25) is 0 Å². The smallest absolute Gasteiger partial charge is 0.345 e. The van der Waals surface area contributed by atoms with Gasteiger partial charge in [-0.25, -0.2) is 0 Å². The molecule has 0 aliphatic carbocycles. The fourth-order valence-corrected chi connectivity index (χ4v) is 1.68. The van der Waals surface area contributed by atoms with Crippen LogP contribution in [-0.4, -0.2) is 19.3 Å². The summed E-state index contributed by atoms with van der Waals surface area (Å²) in [5.41, 5.74) is 1.13. The minimum atomic E-state index is -2.72. The first kappa shape index (κ1) is 10.4. The fourth-order valence-electron chi connectivity index (χ4n) is 1.68. The zero-order valence-electron chi connectivity index (χ0n) is 8.16. The summed E-state index contributed by atoms with van der Waals surface area (Å²) in [6, 6.07) is 7.65. The van der Waals surface area contributed by atoms with E-state index in [4.69, 9.17) is 4.74 Å². The van der Waals surface area contributed by atoms with Crippen molar-refractivity contribution < 1.29 is 18.3 Å². The highest BCUT2D eigenvalue weighted by Gasteiger charge is 2.20. The first-order valence-corrected chi connectivity index (χ1v) is 4.90. The van der Waals surface area contributed by atoms with Crippen LogP contribution in [0.1, 0.15) is 12.0 Å². The SMILES string of the molecule is FC(F)OCC1CCc2ccccc2O1. The lowest BCUT2D eigenvalue weighted by atomic mass is 10.0. The van der Waals surface area contributed by atoms with Gasteiger partial charge in [0.15, 0.2) is 0 Å². The van der Waals surface area contributed by atoms with E-state index in [1.807, 2.05) is 24.3 Å². The molecule has 0 fully saturated rings. The number of hydrogen-bond donors (Lipinski definition) is 0. The van der Waals surface area contributed by atoms with Gasteiger partial charge < -0.3 is 9.47 Å². The molecule has 1 aliphatic rings. The number of benzene rings is 1. The number of rotatable bonds is 3. The Morgan fingerprint density at radius 1 is 1.40 bits per heavy atom. The largest absolute Gasteiger partial charge is 0.488 e. The molecule has 1 aromatic rings. The molecule has 1 heterocycles. The summed E-state index contributed by atoms with van der Waals surface area (Å²) in [4.78, 5) is 0. The van der Waals surface area contributed by atoms with Gasteiger partial charge in [0.25, 0.3) is 0 Å². The molecular formula is C11H12F2O2. The van der Waals surface area contributed by atoms with E-state index in [1.165, 1.54) is 0 Å². The molecule has 0 saturated heterocycles. The Hall–Kier alpha value is -1.16. The van der Waals surface area contributed by atoms with Crippen molar-refractivity contribution in [2.75, 3.05) is 6.61 Å². The molecule has 0 N–H and O–H groups in total. The molecule has 1 atom stereocenters. The summed E-state index contributed by atoms with van der Waals surface area (Å²) < 4.78 is 33.4. The van der Waals surface area contributed by atoms with E-state index in [-0.39, 0.29) is 12.7 Å². The van der Waals surface area contributed by atoms with Crippen molar-refractivity contribution in [2.24, 2.45) is 0 Å². The topological polar surface area (TPSA) is 18.5 Å². The molecule has 1 aliphatic heterocycles. The molecule has 4 heteroatoms. The van der Waals surface area contributed by atoms with Crippen molar-refractivity contribution in [2.45, 2.75) is 25.6 Å². The lowest BCUT2D eigenvalue weighted by Crippen LogP contribution is -2.28. The average Bonchev–Trinajstić information content (AvgIpc) is 2.26. The van der Waals surface area contributed by atoms with Gasteiger partial charge in [-0.1, -0.05) is 18.2 Å². The second kappa shape index (κ2) is 4.57. The standard InChI is InChI=1S/C11H12F2O2/c12-11(13)14-7-9-6-5-8-3-1-2-4-10(8)15-9/h1-4,9,11H,5-7H2. The van der Waals surface area contributed by atoms with Crippen LogP contribution in [0.3, 0.4) is 0 Å². The predicted octanol–water partition coefficient (Wildman–Crippen LogP) is 2.62. The Balaban J connectivity index is 1.94. The molecule has 0 radical (unpaired) electrons. The minimum absolute atomic E-state index is 0.0496. The molecule has 2 rings (SSSR count). The Morgan fingerprint density at radius 3 is 3.00 bits per heavy atom. The second-order valence-electron chi connectivity index (χ2n) is 3.48. The van der Waals surface area contributed by atoms with Crippen LogP contribution in [0.5, 0.6) is 5.75 Å². The molecule has 82 valence electrons. The van der Waals surface area contributed by atoms with Crippen molar-refractivity contribution in [3.8, 4) is 5.75 Å². The molecule has 2 nitrogen and oxygen atoms in total. The van der Waals surface area contributed by atoms with E-state index in [0.717, 1.165) is 24.2 Å². The van der Waals surface area contributed by atoms with Crippen LogP contribution in [0.15, 0.2) is 24.3 Å². The van der Waals surface area contributed by atoms with Crippen LogP contribution in [0.4, 0.5) is 8.78 Å². The van der Waals surface area contributed by atoms with E-state index < -0.39 is 6.61 Å². The van der Waals surface area contributed by atoms with Crippen LogP contribution in [-0.2, 0) is 11.2 Å². The van der Waals surface area contributed by atoms with Gasteiger partial charge >= 0.3 is 6.61 Å². The average molecular weight is 214 g/mol. The quantitative estimate of drug-likeness (QED) is 0.770. The second-order valence-corrected chi connectivity index (χ2v) is 3.48. The van der Waals surface area contributed by atoms with Gasteiger partial charge in [0.1, 0.15) is 11.9 Å². The van der Waals surface area contributed by atoms with Gasteiger partial charge in [-0.05, 0) is 24.5 Å². The predicted molar refractivity (Wildman–Crippen MR) is 51.1 cm³/mol. The van der Waals surface area contributed by atoms with E-state index in [2.05, 4.69) is 4.74 Å². The van der Waals surface area contributed by atoms with Gasteiger partial charge in [-0.15, -0.1) is 0 Å². The van der Waals surface area contributed by atoms with Crippen LogP contribution < -0.4 is 4.74 Å². The molecule has 0 bridgehead atoms. The van der Waals surface area contributed by atoms with Gasteiger partial charge in [-0.3, -0.25) is 0 Å². The summed E-state index contributed by atoms with van der Waals surface area (Å²) in [6.07, 6.45) is 1.32. The number of hydrogen-bond acceptors (Lipinski definition) is 2. The molecule has 15 heavy (non-hydrogen) atoms. The molecular weight excluding hydrogens is 202 g/mol. The highest BCUT2D eigenvalue weighted by atomic mass is 19.3. The fraction of sp³-hybridized carbons (Fsp3) is 0.455. The third-order valence-corrected chi connectivity index (χ3v) is 2.41. The number of aryl methyl sites for hydroxylation is 1. The Kier molecular flexibility index (Phi) is 3.16. The van der Waals surface area contributed by atoms with Gasteiger partial charge in [0.2, 0.25) is 0 Å². The first-order valence-electron chi connectivity index (χ1n) is 4.90. The molecule has 0 spiro atoms. The summed E-state index contributed by atoms with van der Waals surface area (Å²) >= 11 is 0. The zero-order chi connectivity index (χ0) is 10.7. The Labute approximate surface area is 86.8 Å². The lowest BCUT2D eigenvalue weighted by Gasteiger charge is -2.25.